The van der Waals surface area contributed by atoms with E-state index in [-0.39, 0.29) is 13.1 Å². The molecule has 0 unspecified atom stereocenters. The summed E-state index contributed by atoms with van der Waals surface area (Å²) in [4.78, 5) is 1.21. The summed E-state index contributed by atoms with van der Waals surface area (Å²) < 4.78 is 57.4. The molecule has 0 radical (unpaired) electrons. The summed E-state index contributed by atoms with van der Waals surface area (Å²) in [6.45, 7) is 0.0444. The summed E-state index contributed by atoms with van der Waals surface area (Å²) in [5, 5.41) is 8.77. The van der Waals surface area contributed by atoms with Crippen LogP contribution in [0.1, 0.15) is 16.7 Å². The lowest BCUT2D eigenvalue weighted by Crippen LogP contribution is -2.26. The van der Waals surface area contributed by atoms with Crippen LogP contribution in [0, 0.1) is 34.6 Å². The van der Waals surface area contributed by atoms with Crippen LogP contribution in [0.2, 0.25) is 0 Å². The summed E-state index contributed by atoms with van der Waals surface area (Å²) in [5.74, 6) is -6.57. The van der Waals surface area contributed by atoms with E-state index in [0.717, 1.165) is 6.07 Å². The molecule has 3 rings (SSSR count). The number of hydrogen-bond acceptors (Lipinski definition) is 2. The summed E-state index contributed by atoms with van der Waals surface area (Å²) in [7, 11) is 0. The minimum absolute atomic E-state index is 0.0222. The molecule has 2 nitrogen and oxygen atoms in total. The molecule has 0 bridgehead atoms. The molecule has 0 aliphatic heterocycles. The van der Waals surface area contributed by atoms with Gasteiger partial charge >= 0.3 is 0 Å². The Morgan fingerprint density at radius 3 is 1.44 bits per heavy atom. The Hall–Kier alpha value is -3.33. The standard InChI is InChI=1S/C21H14F4N2/c22-17-16(11-26)18(23)20(25)21(19(17)24)27(12-14-7-3-1-4-8-14)13-15-9-5-2-6-10-15/h1-10H,12-13H2. The van der Waals surface area contributed by atoms with Gasteiger partial charge in [0.1, 0.15) is 17.3 Å². The average molecular weight is 370 g/mol. The van der Waals surface area contributed by atoms with Crippen molar-refractivity contribution >= 4 is 5.69 Å². The molecule has 6 heteroatoms. The summed E-state index contributed by atoms with van der Waals surface area (Å²) >= 11 is 0. The zero-order valence-corrected chi connectivity index (χ0v) is 14.1. The topological polar surface area (TPSA) is 27.0 Å². The lowest BCUT2D eigenvalue weighted by atomic mass is 10.1. The van der Waals surface area contributed by atoms with Gasteiger partial charge in [-0.05, 0) is 11.1 Å². The molecule has 3 aromatic rings. The minimum Gasteiger partial charge on any atom is -0.358 e. The third kappa shape index (κ3) is 3.77. The van der Waals surface area contributed by atoms with Crippen LogP contribution in [0.4, 0.5) is 23.2 Å². The van der Waals surface area contributed by atoms with E-state index < -0.39 is 34.5 Å². The molecule has 0 spiro atoms. The highest BCUT2D eigenvalue weighted by molar-refractivity contribution is 5.55. The van der Waals surface area contributed by atoms with Crippen LogP contribution in [-0.2, 0) is 13.1 Å². The van der Waals surface area contributed by atoms with E-state index in [0.29, 0.717) is 11.1 Å². The number of nitriles is 1. The Kier molecular flexibility index (Phi) is 5.41. The largest absolute Gasteiger partial charge is 0.358 e. The van der Waals surface area contributed by atoms with E-state index in [2.05, 4.69) is 0 Å². The number of nitrogens with zero attached hydrogens (tertiary/aromatic N) is 2. The van der Waals surface area contributed by atoms with Gasteiger partial charge in [0.15, 0.2) is 23.3 Å². The Morgan fingerprint density at radius 1 is 0.667 bits per heavy atom. The molecular weight excluding hydrogens is 356 g/mol. The smallest absolute Gasteiger partial charge is 0.186 e. The van der Waals surface area contributed by atoms with Crippen molar-refractivity contribution in [3.63, 3.8) is 0 Å². The second kappa shape index (κ2) is 7.92. The highest BCUT2D eigenvalue weighted by Gasteiger charge is 2.29. The van der Waals surface area contributed by atoms with Gasteiger partial charge in [-0.2, -0.15) is 5.26 Å². The first-order valence-corrected chi connectivity index (χ1v) is 8.11. The van der Waals surface area contributed by atoms with Crippen molar-refractivity contribution in [3.8, 4) is 6.07 Å². The predicted octanol–water partition coefficient (Wildman–Crippen LogP) is 5.32. The second-order valence-corrected chi connectivity index (χ2v) is 5.92. The molecular formula is C21H14F4N2. The average Bonchev–Trinajstić information content (AvgIpc) is 2.69. The molecule has 0 aliphatic rings. The van der Waals surface area contributed by atoms with Crippen molar-refractivity contribution < 1.29 is 17.6 Å². The quantitative estimate of drug-likeness (QED) is 0.449. The van der Waals surface area contributed by atoms with Crippen LogP contribution in [0.3, 0.4) is 0 Å². The van der Waals surface area contributed by atoms with Crippen LogP contribution in [-0.4, -0.2) is 0 Å². The number of hydrogen-bond donors (Lipinski definition) is 0. The molecule has 3 aromatic carbocycles. The zero-order chi connectivity index (χ0) is 19.4. The fourth-order valence-electron chi connectivity index (χ4n) is 2.82. The van der Waals surface area contributed by atoms with Crippen LogP contribution in [0.15, 0.2) is 60.7 Å². The van der Waals surface area contributed by atoms with Gasteiger partial charge in [0, 0.05) is 13.1 Å². The number of benzene rings is 3. The maximum Gasteiger partial charge on any atom is 0.186 e. The third-order valence-electron chi connectivity index (χ3n) is 4.10. The molecule has 0 saturated carbocycles. The van der Waals surface area contributed by atoms with Crippen molar-refractivity contribution in [2.45, 2.75) is 13.1 Å². The van der Waals surface area contributed by atoms with E-state index >= 15 is 0 Å². The fraction of sp³-hybridized carbons (Fsp3) is 0.0952. The monoisotopic (exact) mass is 370 g/mol. The van der Waals surface area contributed by atoms with Gasteiger partial charge < -0.3 is 4.90 Å². The van der Waals surface area contributed by atoms with Crippen molar-refractivity contribution in [1.29, 1.82) is 5.26 Å². The van der Waals surface area contributed by atoms with E-state index in [1.54, 1.807) is 60.7 Å². The molecule has 27 heavy (non-hydrogen) atoms. The van der Waals surface area contributed by atoms with E-state index in [9.17, 15) is 17.6 Å². The summed E-state index contributed by atoms with van der Waals surface area (Å²) in [5.41, 5.74) is -0.695. The minimum atomic E-state index is -1.70. The summed E-state index contributed by atoms with van der Waals surface area (Å²) in [6.07, 6.45) is 0. The number of anilines is 1. The molecule has 0 atom stereocenters. The Balaban J connectivity index is 2.12. The zero-order valence-electron chi connectivity index (χ0n) is 14.1. The molecule has 136 valence electrons. The predicted molar refractivity (Wildman–Crippen MR) is 93.8 cm³/mol. The maximum atomic E-state index is 14.6. The Labute approximate surface area is 153 Å². The van der Waals surface area contributed by atoms with Crippen LogP contribution < -0.4 is 4.90 Å². The first kappa shape index (κ1) is 18.5. The highest BCUT2D eigenvalue weighted by Crippen LogP contribution is 2.32. The molecule has 0 saturated heterocycles. The maximum absolute atomic E-state index is 14.6. The molecule has 0 aromatic heterocycles. The van der Waals surface area contributed by atoms with Crippen molar-refractivity contribution in [1.82, 2.24) is 0 Å². The van der Waals surface area contributed by atoms with Gasteiger partial charge in [-0.3, -0.25) is 0 Å². The van der Waals surface area contributed by atoms with Gasteiger partial charge in [0.2, 0.25) is 0 Å². The Bertz CT molecular complexity index is 912. The molecule has 0 heterocycles. The molecule has 0 fully saturated rings. The Morgan fingerprint density at radius 2 is 1.07 bits per heavy atom. The molecule has 0 amide bonds. The lowest BCUT2D eigenvalue weighted by Gasteiger charge is -2.26. The van der Waals surface area contributed by atoms with E-state index in [4.69, 9.17) is 5.26 Å². The first-order valence-electron chi connectivity index (χ1n) is 8.11. The van der Waals surface area contributed by atoms with Gasteiger partial charge in [-0.25, -0.2) is 17.6 Å². The fourth-order valence-corrected chi connectivity index (χ4v) is 2.82. The van der Waals surface area contributed by atoms with Gasteiger partial charge in [-0.1, -0.05) is 60.7 Å². The highest BCUT2D eigenvalue weighted by atomic mass is 19.2. The van der Waals surface area contributed by atoms with Gasteiger partial charge in [0.25, 0.3) is 0 Å². The van der Waals surface area contributed by atoms with Crippen molar-refractivity contribution in [2.24, 2.45) is 0 Å². The number of rotatable bonds is 5. The van der Waals surface area contributed by atoms with E-state index in [1.165, 1.54) is 4.90 Å². The van der Waals surface area contributed by atoms with Crippen molar-refractivity contribution in [3.05, 3.63) is 101 Å². The normalized spacial score (nSPS) is 10.5. The van der Waals surface area contributed by atoms with Crippen LogP contribution in [0.5, 0.6) is 0 Å². The summed E-state index contributed by atoms with van der Waals surface area (Å²) in [6, 6.07) is 18.7. The van der Waals surface area contributed by atoms with Crippen LogP contribution >= 0.6 is 0 Å². The second-order valence-electron chi connectivity index (χ2n) is 5.92. The van der Waals surface area contributed by atoms with Crippen LogP contribution in [0.25, 0.3) is 0 Å². The van der Waals surface area contributed by atoms with E-state index in [1.807, 2.05) is 0 Å². The number of halogens is 4. The molecule has 0 aliphatic carbocycles. The lowest BCUT2D eigenvalue weighted by molar-refractivity contribution is 0.447. The first-order chi connectivity index (χ1) is 13.0. The van der Waals surface area contributed by atoms with Gasteiger partial charge in [0.05, 0.1) is 0 Å². The third-order valence-corrected chi connectivity index (χ3v) is 4.10. The SMILES string of the molecule is N#Cc1c(F)c(F)c(N(Cc2ccccc2)Cc2ccccc2)c(F)c1F. The van der Waals surface area contributed by atoms with Crippen molar-refractivity contribution in [2.75, 3.05) is 4.90 Å². The molecule has 0 N–H and O–H groups in total. The van der Waals surface area contributed by atoms with Gasteiger partial charge in [-0.15, -0.1) is 0 Å².